The average molecular weight is 393 g/mol. The van der Waals surface area contributed by atoms with Gasteiger partial charge < -0.3 is 5.32 Å². The number of nitro benzene ring substituents is 1. The first-order valence-corrected chi connectivity index (χ1v) is 9.85. The lowest BCUT2D eigenvalue weighted by molar-refractivity contribution is -0.383. The summed E-state index contributed by atoms with van der Waals surface area (Å²) >= 11 is 0. The SMILES string of the molecule is Cc1cccc(Nc2ccc(N3C(=O)[C@H]4C[C@@H](C)CC[C@H]4C3=O)cc2[N+](=O)[O-])c1. The number of nitrogens with zero attached hydrogens (tertiary/aromatic N) is 2. The molecule has 0 bridgehead atoms. The van der Waals surface area contributed by atoms with Gasteiger partial charge in [-0.15, -0.1) is 0 Å². The van der Waals surface area contributed by atoms with E-state index in [1.807, 2.05) is 31.2 Å². The van der Waals surface area contributed by atoms with Gasteiger partial charge in [0, 0.05) is 11.8 Å². The molecule has 2 fully saturated rings. The zero-order valence-electron chi connectivity index (χ0n) is 16.4. The fourth-order valence-electron chi connectivity index (χ4n) is 4.44. The second-order valence-corrected chi connectivity index (χ2v) is 8.10. The lowest BCUT2D eigenvalue weighted by atomic mass is 9.76. The van der Waals surface area contributed by atoms with E-state index in [-0.39, 0.29) is 35.0 Å². The van der Waals surface area contributed by atoms with Crippen molar-refractivity contribution in [3.63, 3.8) is 0 Å². The van der Waals surface area contributed by atoms with Crippen molar-refractivity contribution in [1.82, 2.24) is 0 Å². The maximum atomic E-state index is 12.9. The van der Waals surface area contributed by atoms with Gasteiger partial charge in [0.15, 0.2) is 0 Å². The zero-order chi connectivity index (χ0) is 20.7. The quantitative estimate of drug-likeness (QED) is 0.466. The van der Waals surface area contributed by atoms with Crippen LogP contribution in [0.4, 0.5) is 22.7 Å². The molecule has 3 atom stereocenters. The molecule has 1 aliphatic carbocycles. The van der Waals surface area contributed by atoms with E-state index >= 15 is 0 Å². The Morgan fingerprint density at radius 3 is 2.55 bits per heavy atom. The van der Waals surface area contributed by atoms with E-state index in [9.17, 15) is 19.7 Å². The summed E-state index contributed by atoms with van der Waals surface area (Å²) in [5, 5.41) is 14.7. The number of anilines is 3. The Bertz CT molecular complexity index is 1000. The molecule has 2 aliphatic rings. The number of amides is 2. The highest BCUT2D eigenvalue weighted by Gasteiger charge is 2.50. The number of imide groups is 1. The van der Waals surface area contributed by atoms with Gasteiger partial charge in [-0.3, -0.25) is 19.7 Å². The molecule has 7 nitrogen and oxygen atoms in total. The molecule has 0 aromatic heterocycles. The Morgan fingerprint density at radius 1 is 1.07 bits per heavy atom. The van der Waals surface area contributed by atoms with Gasteiger partial charge in [-0.05, 0) is 61.9 Å². The summed E-state index contributed by atoms with van der Waals surface area (Å²) in [6, 6.07) is 12.0. The number of rotatable bonds is 4. The van der Waals surface area contributed by atoms with Crippen LogP contribution >= 0.6 is 0 Å². The molecule has 2 aromatic rings. The predicted octanol–water partition coefficient (Wildman–Crippen LogP) is 4.57. The first kappa shape index (κ1) is 19.1. The molecule has 29 heavy (non-hydrogen) atoms. The van der Waals surface area contributed by atoms with Crippen LogP contribution in [0.3, 0.4) is 0 Å². The normalized spacial score (nSPS) is 23.8. The van der Waals surface area contributed by atoms with E-state index < -0.39 is 4.92 Å². The fourth-order valence-corrected chi connectivity index (χ4v) is 4.44. The van der Waals surface area contributed by atoms with Crippen molar-refractivity contribution in [3.05, 3.63) is 58.1 Å². The van der Waals surface area contributed by atoms with Crippen LogP contribution in [0.1, 0.15) is 31.7 Å². The van der Waals surface area contributed by atoms with Crippen LogP contribution in [0.5, 0.6) is 0 Å². The second kappa shape index (κ2) is 7.31. The third-order valence-electron chi connectivity index (χ3n) is 5.92. The molecule has 1 heterocycles. The first-order chi connectivity index (χ1) is 13.8. The van der Waals surface area contributed by atoms with Crippen LogP contribution in [0, 0.1) is 34.8 Å². The highest BCUT2D eigenvalue weighted by Crippen LogP contribution is 2.43. The Kier molecular flexibility index (Phi) is 4.82. The Hall–Kier alpha value is -3.22. The summed E-state index contributed by atoms with van der Waals surface area (Å²) in [4.78, 5) is 38.1. The van der Waals surface area contributed by atoms with E-state index in [0.717, 1.165) is 22.6 Å². The van der Waals surface area contributed by atoms with Crippen molar-refractivity contribution in [2.75, 3.05) is 10.2 Å². The number of hydrogen-bond donors (Lipinski definition) is 1. The summed E-state index contributed by atoms with van der Waals surface area (Å²) in [5.74, 6) is -0.678. The second-order valence-electron chi connectivity index (χ2n) is 8.10. The molecule has 4 rings (SSSR count). The van der Waals surface area contributed by atoms with Crippen molar-refractivity contribution in [2.45, 2.75) is 33.1 Å². The third kappa shape index (κ3) is 3.48. The molecular weight excluding hydrogens is 370 g/mol. The Balaban J connectivity index is 1.67. The number of aryl methyl sites for hydroxylation is 1. The number of carbonyl (C=O) groups excluding carboxylic acids is 2. The Labute approximate surface area is 168 Å². The highest BCUT2D eigenvalue weighted by molar-refractivity contribution is 6.22. The maximum absolute atomic E-state index is 12.9. The minimum atomic E-state index is -0.498. The molecule has 7 heteroatoms. The van der Waals surface area contributed by atoms with Gasteiger partial charge in [-0.1, -0.05) is 19.1 Å². The number of benzene rings is 2. The number of hydrogen-bond acceptors (Lipinski definition) is 5. The van der Waals surface area contributed by atoms with Gasteiger partial charge in [0.05, 0.1) is 22.4 Å². The van der Waals surface area contributed by atoms with Gasteiger partial charge in [-0.25, -0.2) is 4.90 Å². The molecule has 0 radical (unpaired) electrons. The average Bonchev–Trinajstić information content (AvgIpc) is 2.92. The molecule has 150 valence electrons. The molecule has 0 spiro atoms. The van der Waals surface area contributed by atoms with Gasteiger partial charge >= 0.3 is 0 Å². The van der Waals surface area contributed by atoms with E-state index in [4.69, 9.17) is 0 Å². The summed E-state index contributed by atoms with van der Waals surface area (Å²) in [6.07, 6.45) is 2.32. The number of nitrogens with one attached hydrogen (secondary N) is 1. The molecule has 2 aromatic carbocycles. The van der Waals surface area contributed by atoms with Crippen LogP contribution in [-0.4, -0.2) is 16.7 Å². The first-order valence-electron chi connectivity index (χ1n) is 9.85. The molecule has 2 amide bonds. The molecule has 1 N–H and O–H groups in total. The third-order valence-corrected chi connectivity index (χ3v) is 5.92. The monoisotopic (exact) mass is 393 g/mol. The van der Waals surface area contributed by atoms with Crippen molar-refractivity contribution in [3.8, 4) is 0 Å². The van der Waals surface area contributed by atoms with E-state index in [1.54, 1.807) is 12.1 Å². The summed E-state index contributed by atoms with van der Waals surface area (Å²) in [6.45, 7) is 4.03. The van der Waals surface area contributed by atoms with Gasteiger partial charge in [-0.2, -0.15) is 0 Å². The summed E-state index contributed by atoms with van der Waals surface area (Å²) in [5.41, 5.74) is 2.17. The van der Waals surface area contributed by atoms with Crippen LogP contribution < -0.4 is 10.2 Å². The van der Waals surface area contributed by atoms with Crippen LogP contribution in [0.25, 0.3) is 0 Å². The minimum absolute atomic E-state index is 0.173. The predicted molar refractivity (Wildman–Crippen MR) is 110 cm³/mol. The molecule has 1 saturated heterocycles. The summed E-state index contributed by atoms with van der Waals surface area (Å²) < 4.78 is 0. The topological polar surface area (TPSA) is 92.6 Å². The van der Waals surface area contributed by atoms with Gasteiger partial charge in [0.25, 0.3) is 5.69 Å². The van der Waals surface area contributed by atoms with Gasteiger partial charge in [0.2, 0.25) is 11.8 Å². The van der Waals surface area contributed by atoms with Crippen molar-refractivity contribution >= 4 is 34.6 Å². The van der Waals surface area contributed by atoms with E-state index in [2.05, 4.69) is 12.2 Å². The highest BCUT2D eigenvalue weighted by atomic mass is 16.6. The van der Waals surface area contributed by atoms with Crippen molar-refractivity contribution < 1.29 is 14.5 Å². The standard InChI is InChI=1S/C22H23N3O4/c1-13-4-3-5-15(10-13)23-19-9-7-16(12-20(19)25(28)29)24-21(26)17-8-6-14(2)11-18(17)22(24)27/h3-5,7,9-10,12,14,17-18,23H,6,8,11H2,1-2H3/t14-,17+,18-/m0/s1. The zero-order valence-corrected chi connectivity index (χ0v) is 16.4. The Morgan fingerprint density at radius 2 is 1.83 bits per heavy atom. The number of fused-ring (bicyclic) bond motifs is 1. The van der Waals surface area contributed by atoms with Crippen LogP contribution in [-0.2, 0) is 9.59 Å². The lowest BCUT2D eigenvalue weighted by Gasteiger charge is -2.25. The molecule has 1 saturated carbocycles. The maximum Gasteiger partial charge on any atom is 0.294 e. The smallest absolute Gasteiger partial charge is 0.294 e. The summed E-state index contributed by atoms with van der Waals surface area (Å²) in [7, 11) is 0. The lowest BCUT2D eigenvalue weighted by Crippen LogP contribution is -2.30. The number of carbonyl (C=O) groups is 2. The fraction of sp³-hybridized carbons (Fsp3) is 0.364. The van der Waals surface area contributed by atoms with Crippen LogP contribution in [0.2, 0.25) is 0 Å². The number of nitro groups is 1. The van der Waals surface area contributed by atoms with E-state index in [0.29, 0.717) is 24.4 Å². The minimum Gasteiger partial charge on any atom is -0.350 e. The van der Waals surface area contributed by atoms with Crippen molar-refractivity contribution in [1.29, 1.82) is 0 Å². The molecule has 0 unspecified atom stereocenters. The van der Waals surface area contributed by atoms with Crippen molar-refractivity contribution in [2.24, 2.45) is 17.8 Å². The largest absolute Gasteiger partial charge is 0.350 e. The van der Waals surface area contributed by atoms with E-state index in [1.165, 1.54) is 6.07 Å². The molecular formula is C22H23N3O4. The van der Waals surface area contributed by atoms with Gasteiger partial charge in [0.1, 0.15) is 5.69 Å². The molecule has 1 aliphatic heterocycles. The van der Waals surface area contributed by atoms with Crippen LogP contribution in [0.15, 0.2) is 42.5 Å².